The maximum atomic E-state index is 13.7. The van der Waals surface area contributed by atoms with Crippen molar-refractivity contribution in [1.29, 1.82) is 0 Å². The number of aromatic amines is 1. The van der Waals surface area contributed by atoms with Crippen LogP contribution in [0.3, 0.4) is 0 Å². The Bertz CT molecular complexity index is 676. The van der Waals surface area contributed by atoms with E-state index in [9.17, 15) is 9.18 Å². The molecule has 1 aliphatic rings. The summed E-state index contributed by atoms with van der Waals surface area (Å²) in [7, 11) is 0. The highest BCUT2D eigenvalue weighted by molar-refractivity contribution is 7.71. The molecule has 0 aliphatic carbocycles. The van der Waals surface area contributed by atoms with Gasteiger partial charge in [-0.15, -0.1) is 0 Å². The Hall–Kier alpha value is -1.69. The second-order valence-electron chi connectivity index (χ2n) is 4.38. The third-order valence-electron chi connectivity index (χ3n) is 3.27. The number of H-pyrrole nitrogens is 1. The lowest BCUT2D eigenvalue weighted by Crippen LogP contribution is -2.37. The largest absolute Gasteiger partial charge is 0.354 e. The van der Waals surface area contributed by atoms with Gasteiger partial charge in [-0.2, -0.15) is 0 Å². The zero-order valence-electron chi connectivity index (χ0n) is 9.57. The molecule has 0 saturated carbocycles. The maximum absolute atomic E-state index is 13.7. The summed E-state index contributed by atoms with van der Waals surface area (Å²) >= 11 is 5.21. The van der Waals surface area contributed by atoms with E-state index in [-0.39, 0.29) is 17.8 Å². The van der Waals surface area contributed by atoms with Gasteiger partial charge in [0.2, 0.25) is 5.91 Å². The van der Waals surface area contributed by atoms with E-state index in [2.05, 4.69) is 10.3 Å². The van der Waals surface area contributed by atoms with Gasteiger partial charge in [0.15, 0.2) is 4.77 Å². The van der Waals surface area contributed by atoms with Crippen LogP contribution in [0.15, 0.2) is 18.2 Å². The number of hydrogen-bond acceptors (Lipinski definition) is 2. The first-order valence-corrected chi connectivity index (χ1v) is 6.26. The van der Waals surface area contributed by atoms with Gasteiger partial charge < -0.3 is 14.9 Å². The third kappa shape index (κ3) is 1.64. The van der Waals surface area contributed by atoms with Crippen LogP contribution < -0.4 is 5.32 Å². The molecular weight excluding hydrogens is 253 g/mol. The SMILES string of the molecule is O=C1NCCCC1n1c(=S)[nH]c2c(F)cccc21. The van der Waals surface area contributed by atoms with Gasteiger partial charge in [0.25, 0.3) is 0 Å². The summed E-state index contributed by atoms with van der Waals surface area (Å²) in [5.41, 5.74) is 1.00. The van der Waals surface area contributed by atoms with Crippen molar-refractivity contribution >= 4 is 29.2 Å². The highest BCUT2D eigenvalue weighted by atomic mass is 32.1. The molecule has 6 heteroatoms. The number of carbonyl (C=O) groups excluding carboxylic acids is 1. The monoisotopic (exact) mass is 265 g/mol. The number of imidazole rings is 1. The van der Waals surface area contributed by atoms with Crippen LogP contribution in [0.2, 0.25) is 0 Å². The van der Waals surface area contributed by atoms with Gasteiger partial charge in [-0.3, -0.25) is 4.79 Å². The number of para-hydroxylation sites is 1. The average Bonchev–Trinajstić information content (AvgIpc) is 2.68. The van der Waals surface area contributed by atoms with Crippen LogP contribution in [0.25, 0.3) is 11.0 Å². The summed E-state index contributed by atoms with van der Waals surface area (Å²) < 4.78 is 15.7. The highest BCUT2D eigenvalue weighted by Gasteiger charge is 2.26. The summed E-state index contributed by atoms with van der Waals surface area (Å²) in [6.07, 6.45) is 1.63. The molecule has 0 spiro atoms. The van der Waals surface area contributed by atoms with Crippen molar-refractivity contribution < 1.29 is 9.18 Å². The lowest BCUT2D eigenvalue weighted by molar-refractivity contribution is -0.125. The molecule has 0 bridgehead atoms. The van der Waals surface area contributed by atoms with Gasteiger partial charge in [0, 0.05) is 6.54 Å². The van der Waals surface area contributed by atoms with Gasteiger partial charge in [-0.25, -0.2) is 4.39 Å². The molecule has 94 valence electrons. The lowest BCUT2D eigenvalue weighted by Gasteiger charge is -2.23. The Kier molecular flexibility index (Phi) is 2.66. The Morgan fingerprint density at radius 3 is 3.06 bits per heavy atom. The molecule has 1 unspecified atom stereocenters. The number of halogens is 1. The molecule has 2 aromatic rings. The quantitative estimate of drug-likeness (QED) is 0.777. The molecule has 0 radical (unpaired) electrons. The fourth-order valence-electron chi connectivity index (χ4n) is 2.43. The first-order valence-electron chi connectivity index (χ1n) is 5.85. The summed E-state index contributed by atoms with van der Waals surface area (Å²) in [5, 5.41) is 2.81. The van der Waals surface area contributed by atoms with Crippen LogP contribution in [0.4, 0.5) is 4.39 Å². The Morgan fingerprint density at radius 1 is 1.44 bits per heavy atom. The first kappa shape index (κ1) is 11.4. The molecule has 2 heterocycles. The number of hydrogen-bond donors (Lipinski definition) is 2. The number of benzene rings is 1. The topological polar surface area (TPSA) is 49.8 Å². The van der Waals surface area contributed by atoms with Crippen LogP contribution >= 0.6 is 12.2 Å². The number of aromatic nitrogens is 2. The van der Waals surface area contributed by atoms with Gasteiger partial charge in [-0.1, -0.05) is 6.07 Å². The van der Waals surface area contributed by atoms with E-state index >= 15 is 0 Å². The third-order valence-corrected chi connectivity index (χ3v) is 3.57. The molecule has 1 fully saturated rings. The zero-order valence-corrected chi connectivity index (χ0v) is 10.4. The molecule has 1 aromatic heterocycles. The van der Waals surface area contributed by atoms with E-state index in [1.807, 2.05) is 0 Å². The number of nitrogens with zero attached hydrogens (tertiary/aromatic N) is 1. The molecule has 3 rings (SSSR count). The molecule has 2 N–H and O–H groups in total. The van der Waals surface area contributed by atoms with Crippen molar-refractivity contribution in [3.63, 3.8) is 0 Å². The van der Waals surface area contributed by atoms with Gasteiger partial charge in [0.05, 0.1) is 5.52 Å². The van der Waals surface area contributed by atoms with Crippen molar-refractivity contribution in [2.45, 2.75) is 18.9 Å². The predicted octanol–water partition coefficient (Wildman–Crippen LogP) is 2.29. The Labute approximate surface area is 108 Å². The van der Waals surface area contributed by atoms with Crippen molar-refractivity contribution in [1.82, 2.24) is 14.9 Å². The summed E-state index contributed by atoms with van der Waals surface area (Å²) in [4.78, 5) is 14.7. The van der Waals surface area contributed by atoms with Gasteiger partial charge in [0.1, 0.15) is 17.4 Å². The van der Waals surface area contributed by atoms with E-state index in [0.29, 0.717) is 22.3 Å². The van der Waals surface area contributed by atoms with Crippen LogP contribution in [0.5, 0.6) is 0 Å². The number of fused-ring (bicyclic) bond motifs is 1. The number of nitrogens with one attached hydrogen (secondary N) is 2. The second-order valence-corrected chi connectivity index (χ2v) is 4.77. The smallest absolute Gasteiger partial charge is 0.243 e. The molecule has 1 amide bonds. The zero-order chi connectivity index (χ0) is 12.7. The molecule has 18 heavy (non-hydrogen) atoms. The average molecular weight is 265 g/mol. The van der Waals surface area contributed by atoms with E-state index in [1.54, 1.807) is 16.7 Å². The molecule has 1 aromatic carbocycles. The highest BCUT2D eigenvalue weighted by Crippen LogP contribution is 2.25. The first-order chi connectivity index (χ1) is 8.68. The molecule has 1 saturated heterocycles. The fraction of sp³-hybridized carbons (Fsp3) is 0.333. The number of piperidine rings is 1. The number of rotatable bonds is 1. The van der Waals surface area contributed by atoms with Crippen LogP contribution in [0, 0.1) is 10.6 Å². The molecular formula is C12H12FN3OS. The van der Waals surface area contributed by atoms with Crippen molar-refractivity contribution in [2.24, 2.45) is 0 Å². The summed E-state index contributed by atoms with van der Waals surface area (Å²) in [5.74, 6) is -0.406. The minimum absolute atomic E-state index is 0.0532. The fourth-order valence-corrected chi connectivity index (χ4v) is 2.75. The van der Waals surface area contributed by atoms with E-state index in [1.165, 1.54) is 6.07 Å². The van der Waals surface area contributed by atoms with Crippen molar-refractivity contribution in [2.75, 3.05) is 6.54 Å². The van der Waals surface area contributed by atoms with Crippen LogP contribution in [-0.4, -0.2) is 22.0 Å². The van der Waals surface area contributed by atoms with Crippen molar-refractivity contribution in [3.8, 4) is 0 Å². The number of carbonyl (C=O) groups is 1. The maximum Gasteiger partial charge on any atom is 0.243 e. The van der Waals surface area contributed by atoms with E-state index in [4.69, 9.17) is 12.2 Å². The van der Waals surface area contributed by atoms with E-state index < -0.39 is 0 Å². The standard InChI is InChI=1S/C12H12FN3OS/c13-7-3-1-4-8-10(7)15-12(18)16(8)9-5-2-6-14-11(9)17/h1,3-4,9H,2,5-6H2,(H,14,17)(H,15,18). The van der Waals surface area contributed by atoms with Crippen LogP contribution in [-0.2, 0) is 4.79 Å². The van der Waals surface area contributed by atoms with Gasteiger partial charge in [-0.05, 0) is 37.2 Å². The summed E-state index contributed by atoms with van der Waals surface area (Å²) in [6.45, 7) is 0.694. The molecule has 1 atom stereocenters. The van der Waals surface area contributed by atoms with Crippen LogP contribution in [0.1, 0.15) is 18.9 Å². The Balaban J connectivity index is 2.22. The second kappa shape index (κ2) is 4.20. The van der Waals surface area contributed by atoms with Gasteiger partial charge >= 0.3 is 0 Å². The molecule has 1 aliphatic heterocycles. The minimum Gasteiger partial charge on any atom is -0.354 e. The minimum atomic E-state index is -0.353. The predicted molar refractivity (Wildman–Crippen MR) is 68.4 cm³/mol. The Morgan fingerprint density at radius 2 is 2.28 bits per heavy atom. The lowest BCUT2D eigenvalue weighted by atomic mass is 10.1. The summed E-state index contributed by atoms with van der Waals surface area (Å²) in [6, 6.07) is 4.42. The van der Waals surface area contributed by atoms with E-state index in [0.717, 1.165) is 12.8 Å². The normalized spacial score (nSPS) is 20.1. The number of amides is 1. The molecule has 4 nitrogen and oxygen atoms in total. The van der Waals surface area contributed by atoms with Crippen molar-refractivity contribution in [3.05, 3.63) is 28.8 Å².